The summed E-state index contributed by atoms with van der Waals surface area (Å²) >= 11 is 0. The normalized spacial score (nSPS) is 10.5. The van der Waals surface area contributed by atoms with E-state index in [9.17, 15) is 20.6 Å². The van der Waals surface area contributed by atoms with Gasteiger partial charge in [0.05, 0.1) is 32.9 Å². The molecule has 28 heavy (non-hydrogen) atoms. The highest BCUT2D eigenvalue weighted by atomic mass is 16.6. The molecule has 0 unspecified atom stereocenters. The van der Waals surface area contributed by atoms with Crippen molar-refractivity contribution < 1.29 is 4.92 Å². The molecular formula is C19H13N7O2. The molecular weight excluding hydrogens is 358 g/mol. The number of anilines is 1. The molecule has 0 radical (unpaired) electrons. The summed E-state index contributed by atoms with van der Waals surface area (Å²) in [6.07, 6.45) is 1.67. The molecule has 2 aromatic carbocycles. The Balaban J connectivity index is 2.13. The number of rotatable bonds is 5. The van der Waals surface area contributed by atoms with Crippen LogP contribution in [0.2, 0.25) is 0 Å². The van der Waals surface area contributed by atoms with E-state index in [1.54, 1.807) is 18.3 Å². The van der Waals surface area contributed by atoms with Gasteiger partial charge < -0.3 is 5.32 Å². The van der Waals surface area contributed by atoms with Crippen LogP contribution in [0.1, 0.15) is 18.1 Å². The Morgan fingerprint density at radius 3 is 2.50 bits per heavy atom. The fourth-order valence-electron chi connectivity index (χ4n) is 2.68. The van der Waals surface area contributed by atoms with E-state index in [0.717, 1.165) is 29.8 Å². The molecule has 0 saturated carbocycles. The molecule has 0 bridgehead atoms. The maximum Gasteiger partial charge on any atom is 0.272 e. The van der Waals surface area contributed by atoms with Crippen molar-refractivity contribution in [2.75, 3.05) is 11.9 Å². The van der Waals surface area contributed by atoms with Gasteiger partial charge in [0.1, 0.15) is 17.8 Å². The van der Waals surface area contributed by atoms with E-state index < -0.39 is 4.92 Å². The summed E-state index contributed by atoms with van der Waals surface area (Å²) < 4.78 is 0. The van der Waals surface area contributed by atoms with Gasteiger partial charge in [-0.3, -0.25) is 15.1 Å². The third-order valence-corrected chi connectivity index (χ3v) is 3.92. The van der Waals surface area contributed by atoms with Crippen LogP contribution < -0.4 is 5.32 Å². The first-order valence-electron chi connectivity index (χ1n) is 8.25. The van der Waals surface area contributed by atoms with Crippen molar-refractivity contribution in [3.63, 3.8) is 0 Å². The minimum absolute atomic E-state index is 0.0107. The van der Waals surface area contributed by atoms with E-state index in [1.165, 1.54) is 0 Å². The van der Waals surface area contributed by atoms with Gasteiger partial charge in [-0.2, -0.15) is 10.5 Å². The molecule has 0 saturated heterocycles. The number of aromatic nitrogens is 1. The second-order valence-corrected chi connectivity index (χ2v) is 5.63. The van der Waals surface area contributed by atoms with Crippen LogP contribution in [0.3, 0.4) is 0 Å². The van der Waals surface area contributed by atoms with Crippen LogP contribution >= 0.6 is 0 Å². The number of non-ortho nitro benzene ring substituents is 1. The molecule has 3 aromatic rings. The predicted octanol–water partition coefficient (Wildman–Crippen LogP) is 4.73. The van der Waals surface area contributed by atoms with E-state index in [1.807, 2.05) is 31.2 Å². The zero-order chi connectivity index (χ0) is 20.1. The minimum Gasteiger partial charge on any atom is -0.384 e. The highest BCUT2D eigenvalue weighted by molar-refractivity contribution is 5.97. The Labute approximate surface area is 159 Å². The summed E-state index contributed by atoms with van der Waals surface area (Å²) in [6, 6.07) is 13.0. The van der Waals surface area contributed by atoms with Crippen molar-refractivity contribution in [2.45, 2.75) is 6.92 Å². The van der Waals surface area contributed by atoms with E-state index >= 15 is 0 Å². The third-order valence-electron chi connectivity index (χ3n) is 3.92. The number of hydrogen-bond donors (Lipinski definition) is 1. The Morgan fingerprint density at radius 1 is 1.18 bits per heavy atom. The number of nitro groups is 1. The molecule has 9 heteroatoms. The number of azo groups is 1. The minimum atomic E-state index is -0.665. The molecule has 1 heterocycles. The van der Waals surface area contributed by atoms with Gasteiger partial charge in [-0.1, -0.05) is 0 Å². The molecule has 1 N–H and O–H groups in total. The summed E-state index contributed by atoms with van der Waals surface area (Å²) in [4.78, 5) is 14.7. The maximum atomic E-state index is 11.0. The lowest BCUT2D eigenvalue weighted by Crippen LogP contribution is -1.97. The topological polar surface area (TPSA) is 140 Å². The molecule has 9 nitrogen and oxygen atoms in total. The zero-order valence-electron chi connectivity index (χ0n) is 14.7. The lowest BCUT2D eigenvalue weighted by Gasteiger charge is -2.08. The Morgan fingerprint density at radius 2 is 1.89 bits per heavy atom. The van der Waals surface area contributed by atoms with Crippen LogP contribution in [-0.2, 0) is 0 Å². The average Bonchev–Trinajstić information content (AvgIpc) is 2.72. The number of nitriles is 2. The Kier molecular flexibility index (Phi) is 5.19. The second-order valence-electron chi connectivity index (χ2n) is 5.63. The molecule has 0 fully saturated rings. The summed E-state index contributed by atoms with van der Waals surface area (Å²) in [5, 5.41) is 41.8. The Hall–Kier alpha value is -4.37. The summed E-state index contributed by atoms with van der Waals surface area (Å²) in [5.74, 6) is 0. The molecule has 0 spiro atoms. The molecule has 0 aliphatic carbocycles. The van der Waals surface area contributed by atoms with Gasteiger partial charge in [0.2, 0.25) is 0 Å². The standard InChI is InChI=1S/C19H13N7O2/c1-2-22-17-6-5-16(15-4-3-7-23-19(15)17)24-25-18-12(10-20)8-14(26(27)28)9-13(18)11-21/h3-9,22H,2H2,1H3. The number of nitrogens with zero attached hydrogens (tertiary/aromatic N) is 6. The quantitative estimate of drug-likeness (QED) is 0.390. The third kappa shape index (κ3) is 3.45. The summed E-state index contributed by atoms with van der Waals surface area (Å²) in [5.41, 5.74) is 1.51. The van der Waals surface area contributed by atoms with Crippen molar-refractivity contribution in [1.29, 1.82) is 10.5 Å². The summed E-state index contributed by atoms with van der Waals surface area (Å²) in [6.45, 7) is 2.70. The van der Waals surface area contributed by atoms with Crippen LogP contribution in [0.25, 0.3) is 10.9 Å². The van der Waals surface area contributed by atoms with Gasteiger partial charge in [-0.05, 0) is 31.2 Å². The van der Waals surface area contributed by atoms with Crippen LogP contribution in [0, 0.1) is 32.8 Å². The van der Waals surface area contributed by atoms with Crippen LogP contribution in [0.5, 0.6) is 0 Å². The number of benzene rings is 2. The van der Waals surface area contributed by atoms with Crippen LogP contribution in [-0.4, -0.2) is 16.5 Å². The first-order valence-corrected chi connectivity index (χ1v) is 8.25. The number of nitrogens with one attached hydrogen (secondary N) is 1. The summed E-state index contributed by atoms with van der Waals surface area (Å²) in [7, 11) is 0. The SMILES string of the molecule is CCNc1ccc(N=Nc2c(C#N)cc([N+](=O)[O-])cc2C#N)c2cccnc12. The average molecular weight is 371 g/mol. The molecule has 1 aromatic heterocycles. The number of nitro benzene ring substituents is 1. The van der Waals surface area contributed by atoms with Gasteiger partial charge in [0.25, 0.3) is 5.69 Å². The highest BCUT2D eigenvalue weighted by Crippen LogP contribution is 2.34. The highest BCUT2D eigenvalue weighted by Gasteiger charge is 2.17. The zero-order valence-corrected chi connectivity index (χ0v) is 14.7. The van der Waals surface area contributed by atoms with Crippen molar-refractivity contribution in [1.82, 2.24) is 4.98 Å². The van der Waals surface area contributed by atoms with E-state index in [0.29, 0.717) is 11.2 Å². The monoisotopic (exact) mass is 371 g/mol. The van der Waals surface area contributed by atoms with Crippen molar-refractivity contribution in [2.24, 2.45) is 10.2 Å². The van der Waals surface area contributed by atoms with Crippen LogP contribution in [0.15, 0.2) is 52.8 Å². The first-order chi connectivity index (χ1) is 13.6. The number of fused-ring (bicyclic) bond motifs is 1. The van der Waals surface area contributed by atoms with Crippen molar-refractivity contribution in [3.05, 3.63) is 63.8 Å². The molecule has 0 aliphatic heterocycles. The van der Waals surface area contributed by atoms with Gasteiger partial charge >= 0.3 is 0 Å². The molecule has 136 valence electrons. The van der Waals surface area contributed by atoms with Gasteiger partial charge in [0, 0.05) is 30.3 Å². The van der Waals surface area contributed by atoms with Gasteiger partial charge in [-0.25, -0.2) is 0 Å². The lowest BCUT2D eigenvalue weighted by atomic mass is 10.1. The van der Waals surface area contributed by atoms with Crippen molar-refractivity contribution in [3.8, 4) is 12.1 Å². The largest absolute Gasteiger partial charge is 0.384 e. The number of pyridine rings is 1. The Bertz CT molecular complexity index is 1150. The molecule has 0 aliphatic rings. The fraction of sp³-hybridized carbons (Fsp3) is 0.105. The van der Waals surface area contributed by atoms with E-state index in [-0.39, 0.29) is 22.5 Å². The smallest absolute Gasteiger partial charge is 0.272 e. The van der Waals surface area contributed by atoms with Crippen molar-refractivity contribution >= 4 is 33.7 Å². The molecule has 3 rings (SSSR count). The van der Waals surface area contributed by atoms with Gasteiger partial charge in [0.15, 0.2) is 0 Å². The molecule has 0 atom stereocenters. The second kappa shape index (κ2) is 7.89. The van der Waals surface area contributed by atoms with E-state index in [2.05, 4.69) is 20.5 Å². The molecule has 0 amide bonds. The first kappa shape index (κ1) is 18.4. The lowest BCUT2D eigenvalue weighted by molar-refractivity contribution is -0.384. The van der Waals surface area contributed by atoms with Crippen LogP contribution in [0.4, 0.5) is 22.7 Å². The van der Waals surface area contributed by atoms with E-state index in [4.69, 9.17) is 0 Å². The number of hydrogen-bond acceptors (Lipinski definition) is 8. The predicted molar refractivity (Wildman–Crippen MR) is 103 cm³/mol. The fourth-order valence-corrected chi connectivity index (χ4v) is 2.68. The van der Waals surface area contributed by atoms with Gasteiger partial charge in [-0.15, -0.1) is 10.2 Å². The maximum absolute atomic E-state index is 11.0.